The quantitative estimate of drug-likeness (QED) is 0.749. The Balaban J connectivity index is 2.14. The predicted molar refractivity (Wildman–Crippen MR) is 71.9 cm³/mol. The van der Waals surface area contributed by atoms with Crippen LogP contribution in [-0.2, 0) is 0 Å². The third kappa shape index (κ3) is 2.27. The molecule has 0 aromatic heterocycles. The van der Waals surface area contributed by atoms with Crippen LogP contribution in [0.3, 0.4) is 0 Å². The van der Waals surface area contributed by atoms with E-state index in [0.29, 0.717) is 6.42 Å². The fraction of sp³-hybridized carbons (Fsp3) is 0.750. The van der Waals surface area contributed by atoms with Crippen LogP contribution in [0.15, 0.2) is 9.81 Å². The molecule has 0 bridgehead atoms. The number of allylic oxidation sites excluding steroid dienone is 2. The van der Waals surface area contributed by atoms with Crippen LogP contribution in [0.5, 0.6) is 0 Å². The SMILES string of the molecule is CC1=C(C)SC(CC#N)(N2CCCCC2)S1. The standard InChI is InChI=1S/C12H18N2S2/c1-10-11(2)16-12(15-10,6-7-13)14-8-4-3-5-9-14/h3-6,8-9H2,1-2H3. The third-order valence-electron chi connectivity index (χ3n) is 3.26. The lowest BCUT2D eigenvalue weighted by Gasteiger charge is -2.40. The van der Waals surface area contributed by atoms with Gasteiger partial charge in [0.25, 0.3) is 0 Å². The van der Waals surface area contributed by atoms with Crippen LogP contribution in [0.4, 0.5) is 0 Å². The molecule has 16 heavy (non-hydrogen) atoms. The summed E-state index contributed by atoms with van der Waals surface area (Å²) >= 11 is 3.80. The molecule has 2 rings (SSSR count). The Kier molecular flexibility index (Phi) is 3.89. The topological polar surface area (TPSA) is 27.0 Å². The summed E-state index contributed by atoms with van der Waals surface area (Å²) < 4.78 is -0.0106. The first kappa shape index (κ1) is 12.3. The summed E-state index contributed by atoms with van der Waals surface area (Å²) in [6.07, 6.45) is 4.54. The van der Waals surface area contributed by atoms with E-state index in [-0.39, 0.29) is 4.20 Å². The molecule has 2 nitrogen and oxygen atoms in total. The van der Waals surface area contributed by atoms with Crippen LogP contribution in [0.25, 0.3) is 0 Å². The predicted octanol–water partition coefficient (Wildman–Crippen LogP) is 3.77. The fourth-order valence-corrected chi connectivity index (χ4v) is 5.60. The minimum absolute atomic E-state index is 0.0106. The summed E-state index contributed by atoms with van der Waals surface area (Å²) in [4.78, 5) is 5.31. The van der Waals surface area contributed by atoms with Gasteiger partial charge in [0, 0.05) is 13.1 Å². The van der Waals surface area contributed by atoms with Crippen molar-refractivity contribution >= 4 is 23.5 Å². The van der Waals surface area contributed by atoms with E-state index in [4.69, 9.17) is 5.26 Å². The van der Waals surface area contributed by atoms with Crippen LogP contribution in [0.1, 0.15) is 39.5 Å². The molecular formula is C12H18N2S2. The molecule has 88 valence electrons. The smallest absolute Gasteiger partial charge is 0.135 e. The maximum absolute atomic E-state index is 9.07. The van der Waals surface area contributed by atoms with E-state index in [0.717, 1.165) is 13.1 Å². The number of piperidine rings is 1. The van der Waals surface area contributed by atoms with Gasteiger partial charge >= 0.3 is 0 Å². The summed E-state index contributed by atoms with van der Waals surface area (Å²) in [5.41, 5.74) is 0. The molecule has 1 saturated heterocycles. The van der Waals surface area contributed by atoms with Crippen molar-refractivity contribution in [2.45, 2.75) is 43.7 Å². The monoisotopic (exact) mass is 254 g/mol. The Morgan fingerprint density at radius 1 is 1.19 bits per heavy atom. The van der Waals surface area contributed by atoms with E-state index in [1.165, 1.54) is 29.1 Å². The zero-order valence-corrected chi connectivity index (χ0v) is 11.6. The Bertz CT molecular complexity index is 323. The Morgan fingerprint density at radius 2 is 1.75 bits per heavy atom. The molecule has 0 spiro atoms. The van der Waals surface area contributed by atoms with Crippen LogP contribution in [0, 0.1) is 11.3 Å². The third-order valence-corrected chi connectivity index (χ3v) is 6.56. The average Bonchev–Trinajstić information content (AvgIpc) is 2.57. The van der Waals surface area contributed by atoms with Gasteiger partial charge in [-0.1, -0.05) is 29.9 Å². The van der Waals surface area contributed by atoms with Gasteiger partial charge in [-0.25, -0.2) is 0 Å². The second-order valence-electron chi connectivity index (χ2n) is 4.41. The molecule has 0 radical (unpaired) electrons. The van der Waals surface area contributed by atoms with E-state index in [1.54, 1.807) is 0 Å². The highest BCUT2D eigenvalue weighted by Crippen LogP contribution is 2.57. The largest absolute Gasteiger partial charge is 0.279 e. The second-order valence-corrected chi connectivity index (χ2v) is 7.65. The number of rotatable bonds is 2. The lowest BCUT2D eigenvalue weighted by molar-refractivity contribution is 0.197. The van der Waals surface area contributed by atoms with Gasteiger partial charge in [-0.05, 0) is 36.5 Å². The van der Waals surface area contributed by atoms with Crippen molar-refractivity contribution in [3.63, 3.8) is 0 Å². The van der Waals surface area contributed by atoms with Gasteiger partial charge in [0.05, 0.1) is 12.5 Å². The van der Waals surface area contributed by atoms with Crippen molar-refractivity contribution in [2.24, 2.45) is 0 Å². The first-order chi connectivity index (χ1) is 7.68. The minimum atomic E-state index is -0.0106. The van der Waals surface area contributed by atoms with Gasteiger partial charge in [0.2, 0.25) is 0 Å². The first-order valence-electron chi connectivity index (χ1n) is 5.85. The van der Waals surface area contributed by atoms with Crippen molar-refractivity contribution in [1.29, 1.82) is 5.26 Å². The molecular weight excluding hydrogens is 236 g/mol. The summed E-state index contributed by atoms with van der Waals surface area (Å²) in [5, 5.41) is 9.07. The van der Waals surface area contributed by atoms with E-state index >= 15 is 0 Å². The molecule has 0 unspecified atom stereocenters. The number of nitrogens with zero attached hydrogens (tertiary/aromatic N) is 2. The second kappa shape index (κ2) is 5.03. The maximum atomic E-state index is 9.07. The Hall–Kier alpha value is -0.110. The number of likely N-dealkylation sites (tertiary alicyclic amines) is 1. The number of thioether (sulfide) groups is 2. The maximum Gasteiger partial charge on any atom is 0.135 e. The number of hydrogen-bond acceptors (Lipinski definition) is 4. The van der Waals surface area contributed by atoms with Gasteiger partial charge in [-0.15, -0.1) is 0 Å². The highest BCUT2D eigenvalue weighted by atomic mass is 32.2. The molecule has 2 heterocycles. The van der Waals surface area contributed by atoms with Crippen LogP contribution in [0.2, 0.25) is 0 Å². The minimum Gasteiger partial charge on any atom is -0.279 e. The Labute approximate surface area is 106 Å². The molecule has 0 saturated carbocycles. The van der Waals surface area contributed by atoms with Crippen molar-refractivity contribution in [3.8, 4) is 6.07 Å². The average molecular weight is 254 g/mol. The van der Waals surface area contributed by atoms with Crippen LogP contribution in [-0.4, -0.2) is 22.2 Å². The normalized spacial score (nSPS) is 25.8. The van der Waals surface area contributed by atoms with Crippen molar-refractivity contribution in [3.05, 3.63) is 9.81 Å². The molecule has 2 aliphatic rings. The van der Waals surface area contributed by atoms with Gasteiger partial charge in [-0.3, -0.25) is 4.90 Å². The zero-order chi connectivity index (χ0) is 11.6. The molecule has 0 aromatic rings. The summed E-state index contributed by atoms with van der Waals surface area (Å²) in [6, 6.07) is 2.38. The van der Waals surface area contributed by atoms with E-state index in [9.17, 15) is 0 Å². The lowest BCUT2D eigenvalue weighted by atomic mass is 10.1. The van der Waals surface area contributed by atoms with Crippen LogP contribution >= 0.6 is 23.5 Å². The number of nitriles is 1. The Morgan fingerprint density at radius 3 is 2.25 bits per heavy atom. The van der Waals surface area contributed by atoms with Crippen molar-refractivity contribution < 1.29 is 0 Å². The van der Waals surface area contributed by atoms with Gasteiger partial charge in [0.1, 0.15) is 4.20 Å². The number of hydrogen-bond donors (Lipinski definition) is 0. The van der Waals surface area contributed by atoms with E-state index in [2.05, 4.69) is 24.8 Å². The lowest BCUT2D eigenvalue weighted by Crippen LogP contribution is -2.45. The van der Waals surface area contributed by atoms with Crippen molar-refractivity contribution in [1.82, 2.24) is 4.90 Å². The van der Waals surface area contributed by atoms with Gasteiger partial charge in [-0.2, -0.15) is 5.26 Å². The molecule has 0 amide bonds. The molecule has 0 atom stereocenters. The molecule has 4 heteroatoms. The highest BCUT2D eigenvalue weighted by Gasteiger charge is 2.43. The first-order valence-corrected chi connectivity index (χ1v) is 7.49. The molecule has 0 aromatic carbocycles. The zero-order valence-electron chi connectivity index (χ0n) is 9.95. The molecule has 1 fully saturated rings. The molecule has 0 N–H and O–H groups in total. The molecule has 0 aliphatic carbocycles. The fourth-order valence-electron chi connectivity index (χ4n) is 2.29. The van der Waals surface area contributed by atoms with Crippen LogP contribution < -0.4 is 0 Å². The molecule has 2 aliphatic heterocycles. The van der Waals surface area contributed by atoms with E-state index in [1.807, 2.05) is 23.5 Å². The summed E-state index contributed by atoms with van der Waals surface area (Å²) in [7, 11) is 0. The van der Waals surface area contributed by atoms with Gasteiger partial charge < -0.3 is 0 Å². The van der Waals surface area contributed by atoms with Crippen molar-refractivity contribution in [2.75, 3.05) is 13.1 Å². The van der Waals surface area contributed by atoms with E-state index < -0.39 is 0 Å². The summed E-state index contributed by atoms with van der Waals surface area (Å²) in [5.74, 6) is 0. The van der Waals surface area contributed by atoms with Gasteiger partial charge in [0.15, 0.2) is 0 Å². The summed E-state index contributed by atoms with van der Waals surface area (Å²) in [6.45, 7) is 6.66. The highest BCUT2D eigenvalue weighted by molar-refractivity contribution is 8.24.